The Bertz CT molecular complexity index is 182. The van der Waals surface area contributed by atoms with Crippen LogP contribution in [-0.2, 0) is 0 Å². The first-order valence-corrected chi connectivity index (χ1v) is 6.91. The Hall–Kier alpha value is 0.150. The third-order valence-electron chi connectivity index (χ3n) is 1.99. The molecule has 0 rings (SSSR count). The predicted molar refractivity (Wildman–Crippen MR) is 68.3 cm³/mol. The summed E-state index contributed by atoms with van der Waals surface area (Å²) in [6.07, 6.45) is 5.38. The number of nitrogens with one attached hydrogen (secondary N) is 1. The van der Waals surface area contributed by atoms with Crippen molar-refractivity contribution in [2.75, 3.05) is 5.33 Å². The molecule has 0 aromatic carbocycles. The molecular weight excluding hydrogens is 328 g/mol. The van der Waals surface area contributed by atoms with Crippen molar-refractivity contribution in [3.8, 4) is 0 Å². The van der Waals surface area contributed by atoms with Gasteiger partial charge in [-0.2, -0.15) is 0 Å². The van der Waals surface area contributed by atoms with E-state index in [0.717, 1.165) is 29.6 Å². The molecule has 0 aromatic heterocycles. The van der Waals surface area contributed by atoms with Gasteiger partial charge in [0.15, 0.2) is 0 Å². The minimum Gasteiger partial charge on any atom is -0.275 e. The molecule has 1 unspecified atom stereocenters. The van der Waals surface area contributed by atoms with Gasteiger partial charge in [0.1, 0.15) is 4.95 Å². The summed E-state index contributed by atoms with van der Waals surface area (Å²) in [5.74, 6) is 10.5. The number of hydrogen-bond donors (Lipinski definition) is 3. The summed E-state index contributed by atoms with van der Waals surface area (Å²) < 4.78 is 0. The number of alkyl halides is 2. The fourth-order valence-corrected chi connectivity index (χ4v) is 2.01. The van der Waals surface area contributed by atoms with E-state index in [2.05, 4.69) is 31.9 Å². The summed E-state index contributed by atoms with van der Waals surface area (Å²) >= 11 is 6.71. The second-order valence-corrected chi connectivity index (χ2v) is 5.03. The molecule has 5 N–H and O–H groups in total. The Kier molecular flexibility index (Phi) is 9.48. The van der Waals surface area contributed by atoms with Crippen LogP contribution in [0, 0.1) is 0 Å². The summed E-state index contributed by atoms with van der Waals surface area (Å²) in [5, 5.41) is 2.10. The van der Waals surface area contributed by atoms with E-state index in [1.165, 1.54) is 12.8 Å². The van der Waals surface area contributed by atoms with Crippen molar-refractivity contribution in [2.45, 2.75) is 37.1 Å². The van der Waals surface area contributed by atoms with E-state index < -0.39 is 6.03 Å². The van der Waals surface area contributed by atoms with E-state index in [0.29, 0.717) is 0 Å². The molecule has 0 aliphatic rings. The first-order chi connectivity index (χ1) is 7.13. The Morgan fingerprint density at radius 3 is 2.47 bits per heavy atom. The van der Waals surface area contributed by atoms with Crippen LogP contribution < -0.4 is 17.1 Å². The van der Waals surface area contributed by atoms with Crippen molar-refractivity contribution in [1.82, 2.24) is 10.4 Å². The molecule has 0 aliphatic heterocycles. The molecule has 0 saturated heterocycles. The molecule has 0 bridgehead atoms. The van der Waals surface area contributed by atoms with Crippen molar-refractivity contribution in [3.05, 3.63) is 0 Å². The van der Waals surface area contributed by atoms with Crippen molar-refractivity contribution < 1.29 is 4.79 Å². The summed E-state index contributed by atoms with van der Waals surface area (Å²) in [7, 11) is 0. The smallest absolute Gasteiger partial charge is 0.275 e. The van der Waals surface area contributed by atoms with Gasteiger partial charge in [0.05, 0.1) is 0 Å². The number of nitrogens with two attached hydrogens (primary N) is 2. The zero-order chi connectivity index (χ0) is 11.7. The number of halogens is 2. The van der Waals surface area contributed by atoms with Gasteiger partial charge < -0.3 is 0 Å². The molecule has 15 heavy (non-hydrogen) atoms. The number of carbonyl (C=O) groups excluding carboxylic acids is 1. The second-order valence-electron chi connectivity index (χ2n) is 3.18. The van der Waals surface area contributed by atoms with Gasteiger partial charge in [0.25, 0.3) is 0 Å². The molecule has 7 heteroatoms. The molecule has 0 aliphatic carbocycles. The van der Waals surface area contributed by atoms with Crippen LogP contribution >= 0.6 is 31.9 Å². The third kappa shape index (κ3) is 7.10. The van der Waals surface area contributed by atoms with Gasteiger partial charge in [0, 0.05) is 5.33 Å². The average molecular weight is 346 g/mol. The third-order valence-corrected chi connectivity index (χ3v) is 3.45. The van der Waals surface area contributed by atoms with Crippen molar-refractivity contribution in [3.63, 3.8) is 0 Å². The van der Waals surface area contributed by atoms with Gasteiger partial charge in [-0.3, -0.25) is 5.43 Å². The summed E-state index contributed by atoms with van der Waals surface area (Å²) in [6, 6.07) is -0.489. The Labute approximate surface area is 107 Å². The molecule has 0 saturated carbocycles. The SMILES string of the molecule is NNC(=O)N(N)C(Br)CCCCCCBr. The number of hydrogen-bond acceptors (Lipinski definition) is 3. The predicted octanol–water partition coefficient (Wildman–Crippen LogP) is 1.81. The topological polar surface area (TPSA) is 84.4 Å². The van der Waals surface area contributed by atoms with Crippen molar-refractivity contribution in [2.24, 2.45) is 11.7 Å². The minimum absolute atomic E-state index is 0.162. The van der Waals surface area contributed by atoms with E-state index in [-0.39, 0.29) is 4.95 Å². The highest BCUT2D eigenvalue weighted by molar-refractivity contribution is 9.09. The maximum Gasteiger partial charge on any atom is 0.346 e. The van der Waals surface area contributed by atoms with Crippen LogP contribution in [-0.4, -0.2) is 21.3 Å². The zero-order valence-corrected chi connectivity index (χ0v) is 11.8. The Morgan fingerprint density at radius 1 is 1.33 bits per heavy atom. The van der Waals surface area contributed by atoms with E-state index in [1.54, 1.807) is 0 Å². The normalized spacial score (nSPS) is 12.3. The highest BCUT2D eigenvalue weighted by Gasteiger charge is 2.16. The van der Waals surface area contributed by atoms with Gasteiger partial charge in [0.2, 0.25) is 0 Å². The highest BCUT2D eigenvalue weighted by Crippen LogP contribution is 2.14. The lowest BCUT2D eigenvalue weighted by Gasteiger charge is -2.21. The second kappa shape index (κ2) is 9.38. The lowest BCUT2D eigenvalue weighted by molar-refractivity contribution is 0.193. The van der Waals surface area contributed by atoms with Crippen LogP contribution in [0.2, 0.25) is 0 Å². The van der Waals surface area contributed by atoms with Crippen LogP contribution in [0.5, 0.6) is 0 Å². The molecule has 0 aromatic rings. The number of amides is 2. The Balaban J connectivity index is 3.55. The molecule has 0 heterocycles. The Morgan fingerprint density at radius 2 is 1.93 bits per heavy atom. The zero-order valence-electron chi connectivity index (χ0n) is 8.59. The molecule has 1 atom stereocenters. The van der Waals surface area contributed by atoms with E-state index in [4.69, 9.17) is 11.7 Å². The largest absolute Gasteiger partial charge is 0.346 e. The van der Waals surface area contributed by atoms with Gasteiger partial charge in [-0.15, -0.1) is 0 Å². The molecule has 0 spiro atoms. The summed E-state index contributed by atoms with van der Waals surface area (Å²) in [4.78, 5) is 10.9. The first kappa shape index (κ1) is 15.2. The number of rotatable bonds is 7. The maximum absolute atomic E-state index is 11.0. The fourth-order valence-electron chi connectivity index (χ4n) is 1.10. The van der Waals surface area contributed by atoms with Crippen molar-refractivity contribution in [1.29, 1.82) is 0 Å². The molecule has 5 nitrogen and oxygen atoms in total. The number of urea groups is 1. The summed E-state index contributed by atoms with van der Waals surface area (Å²) in [5.41, 5.74) is 1.98. The summed E-state index contributed by atoms with van der Waals surface area (Å²) in [6.45, 7) is 0. The monoisotopic (exact) mass is 344 g/mol. The molecule has 2 amide bonds. The van der Waals surface area contributed by atoms with Gasteiger partial charge in [-0.05, 0) is 12.8 Å². The van der Waals surface area contributed by atoms with Crippen LogP contribution in [0.25, 0.3) is 0 Å². The van der Waals surface area contributed by atoms with Gasteiger partial charge >= 0.3 is 6.03 Å². The molecule has 0 fully saturated rings. The number of nitrogens with zero attached hydrogens (tertiary/aromatic N) is 1. The van der Waals surface area contributed by atoms with E-state index in [9.17, 15) is 4.79 Å². The van der Waals surface area contributed by atoms with Crippen LogP contribution in [0.1, 0.15) is 32.1 Å². The van der Waals surface area contributed by atoms with E-state index in [1.807, 2.05) is 5.43 Å². The average Bonchev–Trinajstić information content (AvgIpc) is 2.26. The van der Waals surface area contributed by atoms with Crippen molar-refractivity contribution >= 4 is 37.9 Å². The quantitative estimate of drug-likeness (QED) is 0.164. The van der Waals surface area contributed by atoms with Crippen LogP contribution in [0.4, 0.5) is 4.79 Å². The maximum atomic E-state index is 11.0. The van der Waals surface area contributed by atoms with Crippen LogP contribution in [0.3, 0.4) is 0 Å². The standard InChI is InChI=1S/C8H18Br2N4O/c9-6-4-2-1-3-5-7(10)14(12)8(15)13-11/h7H,1-6,11-12H2,(H,13,15). The van der Waals surface area contributed by atoms with Crippen LogP contribution in [0.15, 0.2) is 0 Å². The number of unbranched alkanes of at least 4 members (excludes halogenated alkanes) is 3. The number of carbonyl (C=O) groups is 1. The lowest BCUT2D eigenvalue weighted by atomic mass is 10.1. The minimum atomic E-state index is -0.489. The first-order valence-electron chi connectivity index (χ1n) is 4.88. The highest BCUT2D eigenvalue weighted by atomic mass is 79.9. The molecular formula is C8H18Br2N4O. The fraction of sp³-hybridized carbons (Fsp3) is 0.875. The molecule has 90 valence electrons. The lowest BCUT2D eigenvalue weighted by Crippen LogP contribution is -2.50. The van der Waals surface area contributed by atoms with E-state index >= 15 is 0 Å². The van der Waals surface area contributed by atoms with Gasteiger partial charge in [-0.25, -0.2) is 21.5 Å². The number of hydrazine groups is 2. The molecule has 0 radical (unpaired) electrons. The van der Waals surface area contributed by atoms with Gasteiger partial charge in [-0.1, -0.05) is 51.1 Å².